The van der Waals surface area contributed by atoms with Crippen molar-refractivity contribution in [2.45, 2.75) is 13.0 Å². The summed E-state index contributed by atoms with van der Waals surface area (Å²) in [5.74, 6) is 2.28. The fraction of sp³-hybridized carbons (Fsp3) is 0.273. The fourth-order valence-corrected chi connectivity index (χ4v) is 2.93. The van der Waals surface area contributed by atoms with Gasteiger partial charge in [0.25, 0.3) is 0 Å². The maximum Gasteiger partial charge on any atom is 0.191 e. The molecule has 0 aliphatic carbocycles. The smallest absolute Gasteiger partial charge is 0.191 e. The number of ether oxygens (including phenoxy) is 2. The second-order valence-electron chi connectivity index (χ2n) is 6.41. The summed E-state index contributed by atoms with van der Waals surface area (Å²) in [5, 5.41) is 11.1. The molecule has 1 aromatic heterocycles. The predicted molar refractivity (Wildman–Crippen MR) is 130 cm³/mol. The summed E-state index contributed by atoms with van der Waals surface area (Å²) >= 11 is 0. The molecule has 0 saturated heterocycles. The molecule has 0 saturated carbocycles. The number of benzene rings is 2. The molecule has 7 nitrogen and oxygen atoms in total. The summed E-state index contributed by atoms with van der Waals surface area (Å²) < 4.78 is 12.6. The summed E-state index contributed by atoms with van der Waals surface area (Å²) in [5.41, 5.74) is 3.24. The molecule has 30 heavy (non-hydrogen) atoms. The van der Waals surface area contributed by atoms with E-state index in [1.54, 1.807) is 21.3 Å². The molecule has 0 spiro atoms. The lowest BCUT2D eigenvalue weighted by Gasteiger charge is -2.14. The summed E-state index contributed by atoms with van der Waals surface area (Å²) in [6.45, 7) is 1.35. The first kappa shape index (κ1) is 23.5. The Morgan fingerprint density at radius 3 is 2.57 bits per heavy atom. The zero-order chi connectivity index (χ0) is 20.5. The van der Waals surface area contributed by atoms with Crippen LogP contribution in [-0.4, -0.2) is 43.6 Å². The molecule has 0 aliphatic heterocycles. The Morgan fingerprint density at radius 2 is 1.87 bits per heavy atom. The number of hydrogen-bond acceptors (Lipinski definition) is 4. The van der Waals surface area contributed by atoms with Gasteiger partial charge >= 0.3 is 0 Å². The molecule has 8 heteroatoms. The minimum absolute atomic E-state index is 0. The van der Waals surface area contributed by atoms with Gasteiger partial charge in [-0.05, 0) is 36.2 Å². The minimum atomic E-state index is 0. The lowest BCUT2D eigenvalue weighted by Crippen LogP contribution is -2.37. The fourth-order valence-electron chi connectivity index (χ4n) is 2.93. The van der Waals surface area contributed by atoms with Gasteiger partial charge in [0.15, 0.2) is 5.96 Å². The van der Waals surface area contributed by atoms with E-state index in [1.807, 2.05) is 59.4 Å². The summed E-state index contributed by atoms with van der Waals surface area (Å²) in [7, 11) is 5.05. The van der Waals surface area contributed by atoms with Crippen molar-refractivity contribution < 1.29 is 9.47 Å². The van der Waals surface area contributed by atoms with Crippen molar-refractivity contribution in [1.82, 2.24) is 20.4 Å². The van der Waals surface area contributed by atoms with Crippen molar-refractivity contribution in [3.8, 4) is 17.2 Å². The zero-order valence-electron chi connectivity index (χ0n) is 17.5. The summed E-state index contributed by atoms with van der Waals surface area (Å²) in [6.07, 6.45) is 4.79. The van der Waals surface area contributed by atoms with Crippen LogP contribution in [0, 0.1) is 0 Å². The topological polar surface area (TPSA) is 72.7 Å². The highest BCUT2D eigenvalue weighted by molar-refractivity contribution is 14.0. The molecule has 0 amide bonds. The van der Waals surface area contributed by atoms with E-state index in [0.717, 1.165) is 47.2 Å². The third-order valence-electron chi connectivity index (χ3n) is 4.53. The Balaban J connectivity index is 0.00000320. The van der Waals surface area contributed by atoms with Crippen LogP contribution in [0.4, 0.5) is 0 Å². The standard InChI is InChI=1S/C22H27N5O2.HI/c1-23-22(25-15-18-9-10-20(28-2)13-21(18)29-3)24-12-11-17-14-26-27(16-17)19-7-5-4-6-8-19;/h4-10,13-14,16H,11-12,15H2,1-3H3,(H2,23,24,25);1H. The van der Waals surface area contributed by atoms with Gasteiger partial charge in [0, 0.05) is 38.0 Å². The number of nitrogens with one attached hydrogen (secondary N) is 2. The highest BCUT2D eigenvalue weighted by atomic mass is 127. The number of methoxy groups -OCH3 is 2. The normalized spacial score (nSPS) is 10.8. The number of nitrogens with zero attached hydrogens (tertiary/aromatic N) is 3. The first-order valence-corrected chi connectivity index (χ1v) is 9.48. The maximum absolute atomic E-state index is 5.44. The van der Waals surface area contributed by atoms with Crippen LogP contribution < -0.4 is 20.1 Å². The van der Waals surface area contributed by atoms with E-state index < -0.39 is 0 Å². The molecule has 3 aromatic rings. The lowest BCUT2D eigenvalue weighted by molar-refractivity contribution is 0.390. The highest BCUT2D eigenvalue weighted by Gasteiger charge is 2.07. The molecule has 0 radical (unpaired) electrons. The molecular formula is C22H28IN5O2. The second-order valence-corrected chi connectivity index (χ2v) is 6.41. The minimum Gasteiger partial charge on any atom is -0.497 e. The van der Waals surface area contributed by atoms with Crippen LogP contribution in [0.15, 0.2) is 65.9 Å². The van der Waals surface area contributed by atoms with Crippen LogP contribution in [0.5, 0.6) is 11.5 Å². The first-order chi connectivity index (χ1) is 14.2. The Morgan fingerprint density at radius 1 is 1.07 bits per heavy atom. The first-order valence-electron chi connectivity index (χ1n) is 9.48. The van der Waals surface area contributed by atoms with Gasteiger partial charge in [0.05, 0.1) is 26.1 Å². The van der Waals surface area contributed by atoms with Crippen molar-refractivity contribution in [1.29, 1.82) is 0 Å². The van der Waals surface area contributed by atoms with Gasteiger partial charge in [0.2, 0.25) is 0 Å². The van der Waals surface area contributed by atoms with Crippen molar-refractivity contribution >= 4 is 29.9 Å². The lowest BCUT2D eigenvalue weighted by atomic mass is 10.2. The molecule has 1 heterocycles. The average molecular weight is 521 g/mol. The Labute approximate surface area is 194 Å². The van der Waals surface area contributed by atoms with Crippen LogP contribution in [0.2, 0.25) is 0 Å². The van der Waals surface area contributed by atoms with E-state index in [1.165, 1.54) is 0 Å². The number of halogens is 1. The number of hydrogen-bond donors (Lipinski definition) is 2. The van der Waals surface area contributed by atoms with Crippen LogP contribution in [-0.2, 0) is 13.0 Å². The van der Waals surface area contributed by atoms with Gasteiger partial charge in [-0.25, -0.2) is 4.68 Å². The van der Waals surface area contributed by atoms with E-state index in [0.29, 0.717) is 6.54 Å². The Hall–Kier alpha value is -2.75. The van der Waals surface area contributed by atoms with E-state index in [9.17, 15) is 0 Å². The van der Waals surface area contributed by atoms with Crippen molar-refractivity contribution in [2.75, 3.05) is 27.8 Å². The van der Waals surface area contributed by atoms with Gasteiger partial charge < -0.3 is 20.1 Å². The number of aliphatic imine (C=N–C) groups is 1. The maximum atomic E-state index is 5.44. The average Bonchev–Trinajstić information content (AvgIpc) is 3.25. The van der Waals surface area contributed by atoms with Crippen LogP contribution in [0.3, 0.4) is 0 Å². The molecule has 2 N–H and O–H groups in total. The largest absolute Gasteiger partial charge is 0.497 e. The van der Waals surface area contributed by atoms with E-state index in [-0.39, 0.29) is 24.0 Å². The third-order valence-corrected chi connectivity index (χ3v) is 4.53. The Bertz CT molecular complexity index is 944. The molecule has 2 aromatic carbocycles. The summed E-state index contributed by atoms with van der Waals surface area (Å²) in [4.78, 5) is 4.28. The number of guanidine groups is 1. The van der Waals surface area contributed by atoms with Gasteiger partial charge in [0.1, 0.15) is 11.5 Å². The van der Waals surface area contributed by atoms with Gasteiger partial charge in [-0.15, -0.1) is 24.0 Å². The predicted octanol–water partition coefficient (Wildman–Crippen LogP) is 3.42. The van der Waals surface area contributed by atoms with Crippen LogP contribution >= 0.6 is 24.0 Å². The monoisotopic (exact) mass is 521 g/mol. The molecule has 160 valence electrons. The number of para-hydroxylation sites is 1. The number of rotatable bonds is 8. The van der Waals surface area contributed by atoms with E-state index >= 15 is 0 Å². The molecule has 0 bridgehead atoms. The molecule has 0 fully saturated rings. The van der Waals surface area contributed by atoms with E-state index in [4.69, 9.17) is 9.47 Å². The third kappa shape index (κ3) is 6.38. The Kier molecular flexibility index (Phi) is 9.46. The molecule has 3 rings (SSSR count). The van der Waals surface area contributed by atoms with Crippen molar-refractivity contribution in [2.24, 2.45) is 4.99 Å². The van der Waals surface area contributed by atoms with Gasteiger partial charge in [-0.2, -0.15) is 5.10 Å². The van der Waals surface area contributed by atoms with E-state index in [2.05, 4.69) is 26.9 Å². The second kappa shape index (κ2) is 12.1. The molecular weight excluding hydrogens is 493 g/mol. The van der Waals surface area contributed by atoms with Crippen molar-refractivity contribution in [3.05, 3.63) is 72.1 Å². The molecule has 0 unspecified atom stereocenters. The highest BCUT2D eigenvalue weighted by Crippen LogP contribution is 2.24. The van der Waals surface area contributed by atoms with Gasteiger partial charge in [-0.3, -0.25) is 4.99 Å². The number of aromatic nitrogens is 2. The zero-order valence-corrected chi connectivity index (χ0v) is 19.8. The molecule has 0 atom stereocenters. The van der Waals surface area contributed by atoms with Gasteiger partial charge in [-0.1, -0.05) is 18.2 Å². The summed E-state index contributed by atoms with van der Waals surface area (Å²) in [6, 6.07) is 15.9. The molecule has 0 aliphatic rings. The SMILES string of the molecule is CN=C(NCCc1cnn(-c2ccccc2)c1)NCc1ccc(OC)cc1OC.I. The van der Waals surface area contributed by atoms with Crippen LogP contribution in [0.25, 0.3) is 5.69 Å². The van der Waals surface area contributed by atoms with Crippen LogP contribution in [0.1, 0.15) is 11.1 Å². The quantitative estimate of drug-likeness (QED) is 0.270. The van der Waals surface area contributed by atoms with Crippen molar-refractivity contribution in [3.63, 3.8) is 0 Å².